The van der Waals surface area contributed by atoms with E-state index < -0.39 is 0 Å². The Bertz CT molecular complexity index is 716. The topological polar surface area (TPSA) is 76.2 Å². The molecule has 25 heavy (non-hydrogen) atoms. The van der Waals surface area contributed by atoms with Crippen LogP contribution in [0.15, 0.2) is 16.9 Å². The van der Waals surface area contributed by atoms with Crippen molar-refractivity contribution in [2.45, 2.75) is 59.0 Å². The van der Waals surface area contributed by atoms with Gasteiger partial charge in [0, 0.05) is 24.8 Å². The maximum atomic E-state index is 12.8. The molecule has 0 bridgehead atoms. The predicted molar refractivity (Wildman–Crippen MR) is 94.3 cm³/mol. The molecule has 0 radical (unpaired) electrons. The first kappa shape index (κ1) is 17.5. The molecule has 3 rings (SSSR count). The summed E-state index contributed by atoms with van der Waals surface area (Å²) in [5.41, 5.74) is 2.98. The quantitative estimate of drug-likeness (QED) is 0.922. The summed E-state index contributed by atoms with van der Waals surface area (Å²) in [5.74, 6) is 0.771. The van der Waals surface area contributed by atoms with Gasteiger partial charge in [-0.3, -0.25) is 4.68 Å². The Labute approximate surface area is 148 Å². The van der Waals surface area contributed by atoms with E-state index in [1.807, 2.05) is 42.7 Å². The van der Waals surface area contributed by atoms with Crippen molar-refractivity contribution in [3.63, 3.8) is 0 Å². The van der Waals surface area contributed by atoms with Gasteiger partial charge in [-0.25, -0.2) is 4.79 Å². The number of hydrogen-bond acceptors (Lipinski definition) is 4. The molecule has 7 nitrogen and oxygen atoms in total. The maximum absolute atomic E-state index is 12.8. The molecule has 1 aliphatic heterocycles. The average molecular weight is 345 g/mol. The molecular weight excluding hydrogens is 318 g/mol. The Kier molecular flexibility index (Phi) is 5.11. The van der Waals surface area contributed by atoms with Crippen LogP contribution in [0.25, 0.3) is 0 Å². The Hall–Kier alpha value is -2.31. The Morgan fingerprint density at radius 3 is 2.84 bits per heavy atom. The summed E-state index contributed by atoms with van der Waals surface area (Å²) in [6.45, 7) is 9.36. The summed E-state index contributed by atoms with van der Waals surface area (Å²) in [6, 6.07) is 0.138. The number of piperidine rings is 1. The number of aryl methyl sites for hydroxylation is 3. The van der Waals surface area contributed by atoms with Crippen molar-refractivity contribution in [2.24, 2.45) is 0 Å². The monoisotopic (exact) mass is 345 g/mol. The van der Waals surface area contributed by atoms with Crippen LogP contribution in [0.3, 0.4) is 0 Å². The lowest BCUT2D eigenvalue weighted by Gasteiger charge is -2.34. The molecule has 0 unspecified atom stereocenters. The van der Waals surface area contributed by atoms with Crippen molar-refractivity contribution in [1.82, 2.24) is 25.2 Å². The molecule has 2 aromatic rings. The van der Waals surface area contributed by atoms with Gasteiger partial charge < -0.3 is 14.7 Å². The number of aromatic nitrogens is 3. The van der Waals surface area contributed by atoms with Gasteiger partial charge in [0.25, 0.3) is 0 Å². The van der Waals surface area contributed by atoms with E-state index in [1.54, 1.807) is 0 Å². The van der Waals surface area contributed by atoms with E-state index in [0.29, 0.717) is 6.54 Å². The summed E-state index contributed by atoms with van der Waals surface area (Å²) < 4.78 is 7.24. The van der Waals surface area contributed by atoms with Gasteiger partial charge in [-0.2, -0.15) is 5.10 Å². The molecule has 2 amide bonds. The molecule has 0 spiro atoms. The van der Waals surface area contributed by atoms with Gasteiger partial charge >= 0.3 is 6.03 Å². The molecule has 1 saturated heterocycles. The van der Waals surface area contributed by atoms with Crippen LogP contribution < -0.4 is 5.32 Å². The fraction of sp³-hybridized carbons (Fsp3) is 0.611. The number of urea groups is 1. The van der Waals surface area contributed by atoms with E-state index in [-0.39, 0.29) is 18.1 Å². The Morgan fingerprint density at radius 1 is 1.44 bits per heavy atom. The van der Waals surface area contributed by atoms with Gasteiger partial charge in [-0.1, -0.05) is 12.1 Å². The van der Waals surface area contributed by atoms with Gasteiger partial charge in [-0.15, -0.1) is 0 Å². The molecule has 0 aromatic carbocycles. The fourth-order valence-electron chi connectivity index (χ4n) is 3.59. The fourth-order valence-corrected chi connectivity index (χ4v) is 3.59. The molecule has 136 valence electrons. The minimum atomic E-state index is -0.0777. The Balaban J connectivity index is 1.67. The first-order valence-electron chi connectivity index (χ1n) is 8.98. The van der Waals surface area contributed by atoms with E-state index in [4.69, 9.17) is 4.52 Å². The number of rotatable bonds is 4. The van der Waals surface area contributed by atoms with E-state index in [0.717, 1.165) is 48.4 Å². The van der Waals surface area contributed by atoms with Crippen molar-refractivity contribution in [2.75, 3.05) is 13.1 Å². The number of nitrogens with one attached hydrogen (secondary N) is 1. The van der Waals surface area contributed by atoms with Gasteiger partial charge in [0.15, 0.2) is 0 Å². The van der Waals surface area contributed by atoms with Crippen molar-refractivity contribution < 1.29 is 9.32 Å². The highest BCUT2D eigenvalue weighted by Crippen LogP contribution is 2.26. The van der Waals surface area contributed by atoms with Crippen LogP contribution in [-0.2, 0) is 0 Å². The SMILES string of the molecule is CC[C@H](NC(=O)N1CCC[C@H](n2cc(C)cn2)C1)c1c(C)noc1C. The van der Waals surface area contributed by atoms with Crippen LogP contribution in [0.4, 0.5) is 4.79 Å². The second-order valence-electron chi connectivity index (χ2n) is 6.89. The molecule has 2 atom stereocenters. The van der Waals surface area contributed by atoms with E-state index in [2.05, 4.69) is 22.5 Å². The van der Waals surface area contributed by atoms with Crippen LogP contribution in [-0.4, -0.2) is 39.0 Å². The number of carbonyl (C=O) groups excluding carboxylic acids is 1. The number of likely N-dealkylation sites (tertiary alicyclic amines) is 1. The zero-order valence-corrected chi connectivity index (χ0v) is 15.5. The van der Waals surface area contributed by atoms with Crippen molar-refractivity contribution in [1.29, 1.82) is 0 Å². The van der Waals surface area contributed by atoms with Crippen molar-refractivity contribution in [3.05, 3.63) is 35.0 Å². The summed E-state index contributed by atoms with van der Waals surface area (Å²) in [4.78, 5) is 14.7. The third-order valence-corrected chi connectivity index (χ3v) is 4.93. The average Bonchev–Trinajstić information content (AvgIpc) is 3.19. The molecular formula is C18H27N5O2. The Morgan fingerprint density at radius 2 is 2.24 bits per heavy atom. The molecule has 0 saturated carbocycles. The smallest absolute Gasteiger partial charge is 0.317 e. The van der Waals surface area contributed by atoms with Gasteiger partial charge in [0.1, 0.15) is 5.76 Å². The second kappa shape index (κ2) is 7.29. The zero-order chi connectivity index (χ0) is 18.0. The summed E-state index contributed by atoms with van der Waals surface area (Å²) in [5, 5.41) is 11.6. The molecule has 7 heteroatoms. The lowest BCUT2D eigenvalue weighted by atomic mass is 10.0. The number of amides is 2. The number of nitrogens with zero attached hydrogens (tertiary/aromatic N) is 4. The third kappa shape index (κ3) is 3.70. The minimum Gasteiger partial charge on any atom is -0.361 e. The van der Waals surface area contributed by atoms with Crippen LogP contribution in [0.2, 0.25) is 0 Å². The predicted octanol–water partition coefficient (Wildman–Crippen LogP) is 3.29. The van der Waals surface area contributed by atoms with E-state index >= 15 is 0 Å². The number of hydrogen-bond donors (Lipinski definition) is 1. The summed E-state index contributed by atoms with van der Waals surface area (Å²) >= 11 is 0. The van der Waals surface area contributed by atoms with E-state index in [9.17, 15) is 4.79 Å². The largest absolute Gasteiger partial charge is 0.361 e. The molecule has 0 aliphatic carbocycles. The first-order chi connectivity index (χ1) is 12.0. The van der Waals surface area contributed by atoms with Crippen LogP contribution in [0.1, 0.15) is 60.9 Å². The van der Waals surface area contributed by atoms with Crippen LogP contribution in [0, 0.1) is 20.8 Å². The molecule has 2 aromatic heterocycles. The second-order valence-corrected chi connectivity index (χ2v) is 6.89. The highest BCUT2D eigenvalue weighted by molar-refractivity contribution is 5.75. The van der Waals surface area contributed by atoms with Crippen LogP contribution in [0.5, 0.6) is 0 Å². The van der Waals surface area contributed by atoms with Gasteiger partial charge in [0.05, 0.1) is 24.0 Å². The third-order valence-electron chi connectivity index (χ3n) is 4.93. The molecule has 3 heterocycles. The van der Waals surface area contributed by atoms with Crippen molar-refractivity contribution >= 4 is 6.03 Å². The minimum absolute atomic E-state index is 0.0274. The van der Waals surface area contributed by atoms with Crippen molar-refractivity contribution in [3.8, 4) is 0 Å². The van der Waals surface area contributed by atoms with Gasteiger partial charge in [-0.05, 0) is 45.6 Å². The number of carbonyl (C=O) groups is 1. The first-order valence-corrected chi connectivity index (χ1v) is 8.98. The zero-order valence-electron chi connectivity index (χ0n) is 15.5. The summed E-state index contributed by atoms with van der Waals surface area (Å²) in [7, 11) is 0. The van der Waals surface area contributed by atoms with E-state index in [1.165, 1.54) is 0 Å². The maximum Gasteiger partial charge on any atom is 0.317 e. The highest BCUT2D eigenvalue weighted by Gasteiger charge is 2.28. The highest BCUT2D eigenvalue weighted by atomic mass is 16.5. The van der Waals surface area contributed by atoms with Gasteiger partial charge in [0.2, 0.25) is 0 Å². The lowest BCUT2D eigenvalue weighted by Crippen LogP contribution is -2.47. The summed E-state index contributed by atoms with van der Waals surface area (Å²) in [6.07, 6.45) is 6.74. The molecule has 1 fully saturated rings. The van der Waals surface area contributed by atoms with Crippen LogP contribution >= 0.6 is 0 Å². The molecule has 1 N–H and O–H groups in total. The standard InChI is InChI=1S/C18H27N5O2/c1-5-16(17-13(3)21-25-14(17)4)20-18(24)22-8-6-7-15(11-22)23-10-12(2)9-19-23/h9-10,15-16H,5-8,11H2,1-4H3,(H,20,24)/t15-,16-/m0/s1. The normalized spacial score (nSPS) is 19.0. The molecule has 1 aliphatic rings. The lowest BCUT2D eigenvalue weighted by molar-refractivity contribution is 0.159.